The Morgan fingerprint density at radius 1 is 0.893 bits per heavy atom. The average Bonchev–Trinajstić information content (AvgIpc) is 4.01. The lowest BCUT2D eigenvalue weighted by molar-refractivity contribution is -0.146. The number of hydrogen-bond donors (Lipinski definition) is 3. The minimum Gasteiger partial charge on any atom is -0.461 e. The number of aryl methyl sites for hydroxylation is 1. The van der Waals surface area contributed by atoms with E-state index in [4.69, 9.17) is 33.0 Å². The number of aromatic nitrogens is 2. The van der Waals surface area contributed by atoms with Crippen molar-refractivity contribution in [2.45, 2.75) is 173 Å². The van der Waals surface area contributed by atoms with Crippen molar-refractivity contribution in [3.63, 3.8) is 0 Å². The van der Waals surface area contributed by atoms with E-state index in [1.54, 1.807) is 24.3 Å². The van der Waals surface area contributed by atoms with Crippen molar-refractivity contribution >= 4 is 50.6 Å². The Balaban J connectivity index is 1.19. The van der Waals surface area contributed by atoms with Crippen LogP contribution in [0.1, 0.15) is 96.6 Å². The Kier molecular flexibility index (Phi) is 18.4. The van der Waals surface area contributed by atoms with Gasteiger partial charge in [-0.3, -0.25) is 28.3 Å². The van der Waals surface area contributed by atoms with Gasteiger partial charge in [-0.1, -0.05) is 102 Å². The normalized spacial score (nSPS) is 22.2. The molecule has 1 spiro atoms. The van der Waals surface area contributed by atoms with Crippen LogP contribution < -0.4 is 27.6 Å². The molecular weight excluding hydrogens is 1020 g/mol. The number of amides is 3. The number of rotatable bonds is 20. The van der Waals surface area contributed by atoms with Gasteiger partial charge in [-0.05, 0) is 80.0 Å². The summed E-state index contributed by atoms with van der Waals surface area (Å²) in [5.41, 5.74) is 4.86. The van der Waals surface area contributed by atoms with Crippen molar-refractivity contribution in [2.75, 3.05) is 19.7 Å². The van der Waals surface area contributed by atoms with E-state index in [0.29, 0.717) is 12.8 Å². The Morgan fingerprint density at radius 3 is 2.07 bits per heavy atom. The highest BCUT2D eigenvalue weighted by atomic mass is 32.2. The van der Waals surface area contributed by atoms with Gasteiger partial charge in [-0.2, -0.15) is 8.42 Å². The Morgan fingerprint density at radius 2 is 1.49 bits per heavy atom. The number of alkyl carbamates (subject to hydrolysis) is 1. The second-order valence-corrected chi connectivity index (χ2v) is 33.5. The van der Waals surface area contributed by atoms with E-state index in [-0.39, 0.29) is 75.0 Å². The van der Waals surface area contributed by atoms with Gasteiger partial charge in [-0.25, -0.2) is 13.8 Å². The highest BCUT2D eigenvalue weighted by Gasteiger charge is 2.67. The van der Waals surface area contributed by atoms with E-state index in [0.717, 1.165) is 21.1 Å². The standard InChI is InChI=1S/C52H76N6O14SSi2/c1-35-30-58(47-43(71-75(10,11)51(5,6)7)52(40(53)34-73(65,66)72-52)41(70-47)33-69-74(8,9)50(2,3)4)49(64)57(45(35)61)29-19-27-54-44(60)39-24-18-28-56(39)46(62)38(55-48(63)68-32-37-22-16-13-17-23-37)25-26-42(59)67-31-36-20-14-12-15-21-36/h12-17,20-23,30,34,38-39,41,43,47H,18-19,24-29,31-33,53H2,1-11H3,(H,54,60)(H,55,63)/t38-,39-,41+,43-,47+,52+/m0/s1. The van der Waals surface area contributed by atoms with Crippen molar-refractivity contribution in [3.8, 4) is 0 Å². The van der Waals surface area contributed by atoms with Crippen LogP contribution in [-0.2, 0) is 71.5 Å². The molecule has 0 unspecified atom stereocenters. The maximum Gasteiger partial charge on any atom is 0.408 e. The van der Waals surface area contributed by atoms with Crippen LogP contribution in [0.15, 0.2) is 87.6 Å². The summed E-state index contributed by atoms with van der Waals surface area (Å²) >= 11 is 0. The molecule has 4 heterocycles. The minimum atomic E-state index is -4.35. The predicted octanol–water partition coefficient (Wildman–Crippen LogP) is 5.84. The predicted molar refractivity (Wildman–Crippen MR) is 285 cm³/mol. The Bertz CT molecular complexity index is 2810. The van der Waals surface area contributed by atoms with E-state index < -0.39 is 103 Å². The molecule has 0 radical (unpaired) electrons. The summed E-state index contributed by atoms with van der Waals surface area (Å²) in [5, 5.41) is 5.65. The monoisotopic (exact) mass is 1100 g/mol. The second kappa shape index (κ2) is 23.4. The Hall–Kier alpha value is -5.44. The largest absolute Gasteiger partial charge is 0.461 e. The molecule has 3 aliphatic rings. The summed E-state index contributed by atoms with van der Waals surface area (Å²) in [5.74, 6) is -1.65. The van der Waals surface area contributed by atoms with Crippen LogP contribution in [0.3, 0.4) is 0 Å². The number of nitrogens with one attached hydrogen (secondary N) is 2. The fourth-order valence-corrected chi connectivity index (χ4v) is 12.2. The number of likely N-dealkylation sites (tertiary alicyclic amines) is 1. The van der Waals surface area contributed by atoms with Gasteiger partial charge in [0, 0.05) is 37.8 Å². The van der Waals surface area contributed by atoms with E-state index in [1.165, 1.54) is 22.6 Å². The second-order valence-electron chi connectivity index (χ2n) is 22.6. The number of carbonyl (C=O) groups excluding carboxylic acids is 4. The number of nitrogens with zero attached hydrogens (tertiary/aromatic N) is 3. The van der Waals surface area contributed by atoms with Gasteiger partial charge in [0.1, 0.15) is 37.5 Å². The molecule has 3 aliphatic heterocycles. The van der Waals surface area contributed by atoms with Crippen LogP contribution in [0.4, 0.5) is 4.79 Å². The zero-order chi connectivity index (χ0) is 55.3. The average molecular weight is 1100 g/mol. The van der Waals surface area contributed by atoms with Crippen LogP contribution in [0.5, 0.6) is 0 Å². The first-order valence-corrected chi connectivity index (χ1v) is 32.7. The number of benzene rings is 2. The number of hydrogen-bond acceptors (Lipinski definition) is 15. The lowest BCUT2D eigenvalue weighted by Gasteiger charge is -2.43. The molecule has 1 aromatic heterocycles. The molecule has 2 fully saturated rings. The molecule has 4 N–H and O–H groups in total. The molecule has 0 aliphatic carbocycles. The number of carbonyl (C=O) groups is 4. The first-order valence-electron chi connectivity index (χ1n) is 25.5. The van der Waals surface area contributed by atoms with Gasteiger partial charge in [0.05, 0.1) is 17.7 Å². The molecule has 2 saturated heterocycles. The quantitative estimate of drug-likeness (QED) is 0.0520. The van der Waals surface area contributed by atoms with E-state index in [9.17, 15) is 37.2 Å². The van der Waals surface area contributed by atoms with Gasteiger partial charge >= 0.3 is 17.8 Å². The lowest BCUT2D eigenvalue weighted by Crippen LogP contribution is -2.59. The highest BCUT2D eigenvalue weighted by Crippen LogP contribution is 2.52. The molecule has 412 valence electrons. The molecule has 0 saturated carbocycles. The van der Waals surface area contributed by atoms with Crippen LogP contribution in [-0.4, -0.2) is 113 Å². The smallest absolute Gasteiger partial charge is 0.408 e. The molecular formula is C52H76N6O14SSi2. The molecule has 3 aromatic rings. The first kappa shape index (κ1) is 58.8. The zero-order valence-electron chi connectivity index (χ0n) is 45.1. The third-order valence-corrected chi connectivity index (χ3v) is 25.1. The minimum absolute atomic E-state index is 0.00201. The fourth-order valence-electron chi connectivity index (χ4n) is 8.66. The summed E-state index contributed by atoms with van der Waals surface area (Å²) in [4.78, 5) is 83.9. The topological polar surface area (TPSA) is 255 Å². The van der Waals surface area contributed by atoms with Gasteiger partial charge in [-0.15, -0.1) is 0 Å². The molecule has 3 amide bonds. The van der Waals surface area contributed by atoms with Crippen LogP contribution in [0.2, 0.25) is 36.3 Å². The fraction of sp³-hybridized carbons (Fsp3) is 0.577. The highest BCUT2D eigenvalue weighted by molar-refractivity contribution is 7.90. The summed E-state index contributed by atoms with van der Waals surface area (Å²) in [6.45, 7) is 21.6. The molecule has 0 bridgehead atoms. The summed E-state index contributed by atoms with van der Waals surface area (Å²) in [6.07, 6.45) is -2.78. The SMILES string of the molecule is Cc1cn([C@@H]2O[C@H](CO[Si](C)(C)C(C)(C)C)[C@@]3(OS(=O)(=O)C=C3N)[C@H]2O[Si](C)(C)C(C)(C)C)c(=O)n(CCCNC(=O)[C@@H]2CCCN2C(=O)[C@H](CCC(=O)OCc2ccccc2)NC(=O)OCc2ccccc2)c1=O. The van der Waals surface area contributed by atoms with Crippen LogP contribution in [0.25, 0.3) is 0 Å². The molecule has 2 aromatic carbocycles. The van der Waals surface area contributed by atoms with Crippen molar-refractivity contribution in [3.05, 3.63) is 115 Å². The summed E-state index contributed by atoms with van der Waals surface area (Å²) in [6, 6.07) is 15.9. The van der Waals surface area contributed by atoms with E-state index in [1.807, 2.05) is 83.4 Å². The molecule has 23 heteroatoms. The number of esters is 1. The van der Waals surface area contributed by atoms with Gasteiger partial charge in [0.2, 0.25) is 11.8 Å². The van der Waals surface area contributed by atoms with Crippen molar-refractivity contribution in [1.82, 2.24) is 24.7 Å². The maximum absolute atomic E-state index is 14.7. The zero-order valence-corrected chi connectivity index (χ0v) is 48.0. The van der Waals surface area contributed by atoms with Crippen LogP contribution in [0, 0.1) is 6.92 Å². The molecule has 6 rings (SSSR count). The van der Waals surface area contributed by atoms with Crippen molar-refractivity contribution in [1.29, 1.82) is 0 Å². The number of ether oxygens (including phenoxy) is 3. The van der Waals surface area contributed by atoms with Crippen molar-refractivity contribution in [2.24, 2.45) is 5.73 Å². The third-order valence-electron chi connectivity index (χ3n) is 15.1. The lowest BCUT2D eigenvalue weighted by atomic mass is 9.89. The van der Waals surface area contributed by atoms with E-state index >= 15 is 0 Å². The first-order chi connectivity index (χ1) is 35.0. The molecule has 6 atom stereocenters. The molecule has 20 nitrogen and oxygen atoms in total. The van der Waals surface area contributed by atoms with Gasteiger partial charge in [0.15, 0.2) is 28.5 Å². The van der Waals surface area contributed by atoms with Gasteiger partial charge in [0.25, 0.3) is 15.7 Å². The maximum atomic E-state index is 14.7. The van der Waals surface area contributed by atoms with Gasteiger partial charge < -0.3 is 44.3 Å². The number of nitrogens with two attached hydrogens (primary N) is 1. The Labute approximate surface area is 442 Å². The molecule has 75 heavy (non-hydrogen) atoms. The van der Waals surface area contributed by atoms with Crippen LogP contribution >= 0.6 is 0 Å². The van der Waals surface area contributed by atoms with E-state index in [2.05, 4.69) is 31.4 Å². The summed E-state index contributed by atoms with van der Waals surface area (Å²) in [7, 11) is -9.71. The summed E-state index contributed by atoms with van der Waals surface area (Å²) < 4.78 is 66.1. The third kappa shape index (κ3) is 13.8. The van der Waals surface area contributed by atoms with Crippen molar-refractivity contribution < 1.29 is 54.8 Å².